The number of cyclic esters (lactones) is 1. The molecule has 0 saturated carbocycles. The molecule has 3 amide bonds. The van der Waals surface area contributed by atoms with Crippen LogP contribution in [0.15, 0.2) is 246 Å². The zero-order chi connectivity index (χ0) is 91.0. The highest BCUT2D eigenvalue weighted by Crippen LogP contribution is 2.36. The van der Waals surface area contributed by atoms with Gasteiger partial charge < -0.3 is 40.7 Å². The molecule has 3 aliphatic rings. The Morgan fingerprint density at radius 3 is 0.902 bits per heavy atom. The van der Waals surface area contributed by atoms with Crippen molar-refractivity contribution in [2.24, 2.45) is 56.4 Å². The number of carbonyl (C=O) groups is 3. The summed E-state index contributed by atoms with van der Waals surface area (Å²) in [5.41, 5.74) is 20.5. The monoisotopic (exact) mass is 1760 g/mol. The summed E-state index contributed by atoms with van der Waals surface area (Å²) in [5, 5.41) is 48.0. The van der Waals surface area contributed by atoms with Gasteiger partial charge in [-0.05, 0) is 83.5 Å². The third-order valence-electron chi connectivity index (χ3n) is 22.5. The highest BCUT2D eigenvalue weighted by atomic mass is 16.6. The van der Waals surface area contributed by atoms with Crippen molar-refractivity contribution in [2.45, 2.75) is 38.6 Å². The van der Waals surface area contributed by atoms with Crippen molar-refractivity contribution in [3.63, 3.8) is 0 Å². The Morgan fingerprint density at radius 2 is 0.606 bits per heavy atom. The number of hydrogen-bond donors (Lipinski definition) is 4. The van der Waals surface area contributed by atoms with Crippen LogP contribution >= 0.6 is 0 Å². The fourth-order valence-electron chi connectivity index (χ4n) is 15.6. The van der Waals surface area contributed by atoms with Crippen LogP contribution in [-0.2, 0) is 77.3 Å². The van der Waals surface area contributed by atoms with Crippen molar-refractivity contribution in [3.05, 3.63) is 251 Å². The largest absolute Gasteiger partial charge is 0.448 e. The smallest absolute Gasteiger partial charge is 0.409 e. The first-order valence-corrected chi connectivity index (χ1v) is 43.5. The highest BCUT2D eigenvalue weighted by Gasteiger charge is 2.26. The lowest BCUT2D eigenvalue weighted by Crippen LogP contribution is -2.30. The van der Waals surface area contributed by atoms with Gasteiger partial charge in [0.1, 0.15) is 29.9 Å². The fourth-order valence-corrected chi connectivity index (χ4v) is 15.6. The maximum atomic E-state index is 12.0. The van der Waals surface area contributed by atoms with Crippen LogP contribution < -0.4 is 21.3 Å². The third-order valence-corrected chi connectivity index (χ3v) is 22.5. The molecule has 0 radical (unpaired) electrons. The Balaban J connectivity index is 0.000000123. The topological polar surface area (TPSA) is 377 Å². The van der Waals surface area contributed by atoms with Crippen LogP contribution in [0.25, 0.3) is 135 Å². The number of amides is 3. The molecular weight excluding hydrogens is 1670 g/mol. The molecule has 0 atom stereocenters. The van der Waals surface area contributed by atoms with Crippen LogP contribution in [-0.4, -0.2) is 221 Å². The number of nitrogens with one attached hydrogen (secondary N) is 4. The van der Waals surface area contributed by atoms with Crippen LogP contribution in [0.4, 0.5) is 28.1 Å². The van der Waals surface area contributed by atoms with Gasteiger partial charge in [-0.1, -0.05) is 72.8 Å². The van der Waals surface area contributed by atoms with Crippen molar-refractivity contribution >= 4 is 41.2 Å². The molecule has 36 heteroatoms. The molecule has 20 rings (SSSR count). The second-order valence-electron chi connectivity index (χ2n) is 32.3. The maximum absolute atomic E-state index is 12.0. The Kier molecular flexibility index (Phi) is 26.9. The van der Waals surface area contributed by atoms with Gasteiger partial charge in [0.15, 0.2) is 23.3 Å². The van der Waals surface area contributed by atoms with Crippen LogP contribution in [0, 0.1) is 0 Å². The summed E-state index contributed by atoms with van der Waals surface area (Å²) in [6, 6.07) is 36.5. The molecule has 3 fully saturated rings. The number of aromatic nitrogens is 25. The van der Waals surface area contributed by atoms with E-state index in [2.05, 4.69) is 129 Å². The lowest BCUT2D eigenvalue weighted by molar-refractivity contribution is -0.128. The van der Waals surface area contributed by atoms with Crippen molar-refractivity contribution in [2.75, 3.05) is 86.8 Å². The number of hydrogen-bond acceptors (Lipinski definition) is 25. The maximum Gasteiger partial charge on any atom is 0.409 e. The lowest BCUT2D eigenvalue weighted by atomic mass is 10.1. The van der Waals surface area contributed by atoms with E-state index in [0.29, 0.717) is 94.4 Å². The average molecular weight is 1770 g/mol. The summed E-state index contributed by atoms with van der Waals surface area (Å²) in [7, 11) is 15.2. The molecule has 36 nitrogen and oxygen atoms in total. The second-order valence-corrected chi connectivity index (χ2v) is 32.3. The molecule has 4 aromatic carbocycles. The Bertz CT molecular complexity index is 6670. The predicted molar refractivity (Wildman–Crippen MR) is 504 cm³/mol. The minimum atomic E-state index is -0.278. The van der Waals surface area contributed by atoms with E-state index in [4.69, 9.17) is 24.7 Å². The minimum absolute atomic E-state index is 0.222. The Morgan fingerprint density at radius 1 is 0.311 bits per heavy atom. The van der Waals surface area contributed by atoms with Gasteiger partial charge in [0.05, 0.1) is 56.1 Å². The van der Waals surface area contributed by atoms with Crippen LogP contribution in [0.1, 0.15) is 37.7 Å². The summed E-state index contributed by atoms with van der Waals surface area (Å²) >= 11 is 0. The predicted octanol–water partition coefficient (Wildman–Crippen LogP) is 13.1. The zero-order valence-electron chi connectivity index (χ0n) is 74.6. The normalized spacial score (nSPS) is 12.9. The molecule has 13 aromatic heterocycles. The number of benzene rings is 4. The molecule has 0 spiro atoms. The molecule has 668 valence electrons. The number of aryl methyl sites for hydroxylation is 8. The summed E-state index contributed by atoms with van der Waals surface area (Å²) < 4.78 is 19.2. The number of nitrogens with zero attached hydrogens (tertiary/aromatic N) is 28. The van der Waals surface area contributed by atoms with Gasteiger partial charge in [-0.15, -0.1) is 0 Å². The summed E-state index contributed by atoms with van der Waals surface area (Å²) in [6.45, 7) is 7.17. The molecule has 3 saturated heterocycles. The first kappa shape index (κ1) is 87.5. The van der Waals surface area contributed by atoms with Gasteiger partial charge in [0.2, 0.25) is 11.8 Å². The standard InChI is InChI=1S/C25H28N8O.C24H26N8O.C24H22N8.C23H24N8O2/c1-31-16-20(13-28-31)18-6-3-7-19(12-18)24-27-15-22(21-14-29-32(2)17-21)25(30-24)26-9-5-11-33-10-4-8-23(33)34;1-30-15-19(12-27-30)17-5-3-6-18(11-17)23-26-14-21(20-13-28-31(2)16-20)24(29-23)25-8-10-32-9-4-7-22(32)33;1-31-15-20(12-28-31)18-4-3-5-19(10-18)23-27-14-22(21-13-29-32(2)16-21)24(30-23)26-11-17-6-8-25-9-7-17;1-29-14-18(11-26-29)16-4-3-5-17(10-16)21-25-13-20(19-12-27-30(2)15-19)22(28-21)24-6-7-31-8-9-33-23(31)32/h3,6-7,12-17H,4-5,8-11H2,1-2H3,(H,26,27,30);3,5-6,11-16H,4,7-10H2,1-2H3,(H,25,26,29);3-10,12-16H,11H2,1-2H3,(H,26,27,30);3-5,10-15H,6-9H2,1-2H3,(H,24,25,28). The summed E-state index contributed by atoms with van der Waals surface area (Å²) in [5.74, 6) is 5.96. The second kappa shape index (κ2) is 40.6. The lowest BCUT2D eigenvalue weighted by Gasteiger charge is -2.17. The molecule has 0 unspecified atom stereocenters. The van der Waals surface area contributed by atoms with E-state index in [1.807, 2.05) is 244 Å². The van der Waals surface area contributed by atoms with E-state index in [-0.39, 0.29) is 17.9 Å². The number of likely N-dealkylation sites (tertiary alicyclic amines) is 2. The average Bonchev–Trinajstić information content (AvgIpc) is 1.39. The van der Waals surface area contributed by atoms with E-state index < -0.39 is 0 Å². The molecule has 16 heterocycles. The fraction of sp³-hybridized carbons (Fsp3) is 0.250. The number of rotatable bonds is 28. The van der Waals surface area contributed by atoms with E-state index in [1.54, 1.807) is 67.1 Å². The molecule has 0 aliphatic carbocycles. The molecule has 3 aliphatic heterocycles. The number of ether oxygens (including phenoxy) is 1. The molecular formula is C96H100N32O4. The van der Waals surface area contributed by atoms with Crippen molar-refractivity contribution in [1.82, 2.24) is 138 Å². The quantitative estimate of drug-likeness (QED) is 0.0331. The van der Waals surface area contributed by atoms with Crippen LogP contribution in [0.5, 0.6) is 0 Å². The van der Waals surface area contributed by atoms with Crippen molar-refractivity contribution in [1.29, 1.82) is 0 Å². The number of carbonyl (C=O) groups excluding carboxylic acids is 3. The van der Waals surface area contributed by atoms with Gasteiger partial charge in [-0.2, -0.15) is 40.8 Å². The number of anilines is 4. The van der Waals surface area contributed by atoms with E-state index in [1.165, 1.54) is 0 Å². The van der Waals surface area contributed by atoms with Gasteiger partial charge in [-0.25, -0.2) is 44.7 Å². The van der Waals surface area contributed by atoms with Crippen molar-refractivity contribution < 1.29 is 19.1 Å². The first-order valence-electron chi connectivity index (χ1n) is 43.5. The third kappa shape index (κ3) is 21.6. The highest BCUT2D eigenvalue weighted by molar-refractivity contribution is 5.83. The van der Waals surface area contributed by atoms with E-state index in [0.717, 1.165) is 173 Å². The van der Waals surface area contributed by atoms with Gasteiger partial charge in [-0.3, -0.25) is 52.0 Å². The first-order chi connectivity index (χ1) is 64.3. The minimum Gasteiger partial charge on any atom is -0.448 e. The molecule has 4 N–H and O–H groups in total. The SMILES string of the molecule is Cn1cc(-c2cccc(-c3ncc(-c4cnn(C)c4)c(NCCCN4CCCC4=O)n3)c2)cn1.Cn1cc(-c2cccc(-c3ncc(-c4cnn(C)c4)c(NCCN4CCCC4=O)n3)c2)cn1.Cn1cc(-c2cccc(-c3ncc(-c4cnn(C)c4)c(NCCN4CCOC4=O)n3)c2)cn1.Cn1cc(-c2cccc(-c3ncc(-c4cnn(C)c4)c(NCc4ccncc4)n3)c2)cn1. The van der Waals surface area contributed by atoms with Gasteiger partial charge >= 0.3 is 6.09 Å². The van der Waals surface area contributed by atoms with E-state index in [9.17, 15) is 14.4 Å². The summed E-state index contributed by atoms with van der Waals surface area (Å²) in [4.78, 5) is 83.3. The van der Waals surface area contributed by atoms with Gasteiger partial charge in [0, 0.05) is 304 Å². The van der Waals surface area contributed by atoms with Crippen LogP contribution in [0.2, 0.25) is 0 Å². The summed E-state index contributed by atoms with van der Waals surface area (Å²) in [6.07, 6.45) is 45.0. The van der Waals surface area contributed by atoms with Crippen molar-refractivity contribution in [3.8, 4) is 135 Å². The van der Waals surface area contributed by atoms with Crippen LogP contribution in [0.3, 0.4) is 0 Å². The number of pyridine rings is 1. The van der Waals surface area contributed by atoms with Gasteiger partial charge in [0.25, 0.3) is 0 Å². The Hall–Kier alpha value is -16.6. The zero-order valence-corrected chi connectivity index (χ0v) is 74.6. The van der Waals surface area contributed by atoms with E-state index >= 15 is 0 Å². The Labute approximate surface area is 761 Å². The molecule has 132 heavy (non-hydrogen) atoms. The molecule has 0 bridgehead atoms. The molecule has 17 aromatic rings.